The van der Waals surface area contributed by atoms with E-state index in [2.05, 4.69) is 31.1 Å². The van der Waals surface area contributed by atoms with Gasteiger partial charge in [-0.25, -0.2) is 4.98 Å². The maximum atomic E-state index is 12.3. The van der Waals surface area contributed by atoms with Crippen LogP contribution in [0.1, 0.15) is 5.69 Å². The maximum Gasteiger partial charge on any atom is 0.258 e. The summed E-state index contributed by atoms with van der Waals surface area (Å²) in [5.74, 6) is 0.535. The Labute approximate surface area is 155 Å². The second kappa shape index (κ2) is 6.81. The first-order valence-electron chi connectivity index (χ1n) is 7.47. The summed E-state index contributed by atoms with van der Waals surface area (Å²) >= 11 is 4.85. The lowest BCUT2D eigenvalue weighted by molar-refractivity contribution is 0.882. The van der Waals surface area contributed by atoms with Crippen molar-refractivity contribution in [3.8, 4) is 5.69 Å². The summed E-state index contributed by atoms with van der Waals surface area (Å²) in [5, 5.41) is 8.90. The van der Waals surface area contributed by atoms with E-state index in [1.54, 1.807) is 18.6 Å². The van der Waals surface area contributed by atoms with Crippen LogP contribution in [0.3, 0.4) is 0 Å². The van der Waals surface area contributed by atoms with E-state index in [1.807, 2.05) is 47.0 Å². The zero-order valence-electron chi connectivity index (χ0n) is 12.9. The number of fused-ring (bicyclic) bond motifs is 1. The van der Waals surface area contributed by atoms with Crippen LogP contribution in [-0.4, -0.2) is 24.1 Å². The lowest BCUT2D eigenvalue weighted by atomic mass is 10.3. The van der Waals surface area contributed by atoms with Crippen LogP contribution in [0.15, 0.2) is 75.5 Å². The van der Waals surface area contributed by atoms with Gasteiger partial charge in [-0.3, -0.25) is 13.8 Å². The van der Waals surface area contributed by atoms with Gasteiger partial charge in [0.15, 0.2) is 5.16 Å². The van der Waals surface area contributed by atoms with Crippen molar-refractivity contribution in [3.63, 3.8) is 0 Å². The minimum Gasteiger partial charge on any atom is -0.277 e. The number of rotatable bonds is 4. The molecule has 0 fully saturated rings. The molecule has 0 bridgehead atoms. The third kappa shape index (κ3) is 3.35. The second-order valence-electron chi connectivity index (χ2n) is 5.27. The van der Waals surface area contributed by atoms with Gasteiger partial charge in [0.1, 0.15) is 12.0 Å². The molecular formula is C17H12BrN5OS. The number of halogens is 1. The average Bonchev–Trinajstić information content (AvgIpc) is 3.10. The van der Waals surface area contributed by atoms with Crippen LogP contribution in [0.5, 0.6) is 0 Å². The first-order valence-corrected chi connectivity index (χ1v) is 9.25. The topological polar surface area (TPSA) is 65.1 Å². The van der Waals surface area contributed by atoms with Gasteiger partial charge in [0, 0.05) is 28.2 Å². The molecule has 4 aromatic rings. The van der Waals surface area contributed by atoms with Gasteiger partial charge in [-0.2, -0.15) is 0 Å². The first kappa shape index (κ1) is 16.0. The maximum absolute atomic E-state index is 12.3. The molecule has 0 N–H and O–H groups in total. The van der Waals surface area contributed by atoms with Crippen LogP contribution in [0.4, 0.5) is 0 Å². The number of benzene rings is 1. The standard InChI is InChI=1S/C17H12BrN5OS/c18-12-6-7-15-20-13(8-16(24)22(15)9-12)10-25-17-21-19-11-23(17)14-4-2-1-3-5-14/h1-9,11H,10H2. The van der Waals surface area contributed by atoms with Crippen molar-refractivity contribution in [3.05, 3.63) is 81.6 Å². The average molecular weight is 414 g/mol. The summed E-state index contributed by atoms with van der Waals surface area (Å²) in [6.45, 7) is 0. The largest absolute Gasteiger partial charge is 0.277 e. The monoisotopic (exact) mass is 413 g/mol. The number of thioether (sulfide) groups is 1. The van der Waals surface area contributed by atoms with E-state index in [0.29, 0.717) is 17.1 Å². The molecule has 0 aliphatic rings. The SMILES string of the molecule is O=c1cc(CSc2nncn2-c2ccccc2)nc2ccc(Br)cn12. The summed E-state index contributed by atoms with van der Waals surface area (Å²) in [5.41, 5.74) is 2.22. The molecule has 124 valence electrons. The number of nitrogens with zero attached hydrogens (tertiary/aromatic N) is 5. The van der Waals surface area contributed by atoms with Gasteiger partial charge in [0.05, 0.1) is 5.69 Å². The number of para-hydroxylation sites is 1. The summed E-state index contributed by atoms with van der Waals surface area (Å²) in [7, 11) is 0. The van der Waals surface area contributed by atoms with Gasteiger partial charge in [-0.05, 0) is 40.2 Å². The van der Waals surface area contributed by atoms with Gasteiger partial charge >= 0.3 is 0 Å². The van der Waals surface area contributed by atoms with Gasteiger partial charge in [0.25, 0.3) is 5.56 Å². The van der Waals surface area contributed by atoms with Crippen LogP contribution < -0.4 is 5.56 Å². The summed E-state index contributed by atoms with van der Waals surface area (Å²) in [4.78, 5) is 16.8. The van der Waals surface area contributed by atoms with Crippen molar-refractivity contribution in [2.75, 3.05) is 0 Å². The molecule has 8 heteroatoms. The van der Waals surface area contributed by atoms with Gasteiger partial charge in [0.2, 0.25) is 0 Å². The van der Waals surface area contributed by atoms with Crippen molar-refractivity contribution < 1.29 is 0 Å². The van der Waals surface area contributed by atoms with E-state index < -0.39 is 0 Å². The Balaban J connectivity index is 1.61. The zero-order valence-corrected chi connectivity index (χ0v) is 15.3. The van der Waals surface area contributed by atoms with Crippen LogP contribution in [0.2, 0.25) is 0 Å². The fraction of sp³-hybridized carbons (Fsp3) is 0.0588. The zero-order chi connectivity index (χ0) is 17.2. The molecule has 3 aromatic heterocycles. The highest BCUT2D eigenvalue weighted by molar-refractivity contribution is 9.10. The minimum atomic E-state index is -0.105. The number of hydrogen-bond donors (Lipinski definition) is 0. The Morgan fingerprint density at radius 3 is 2.80 bits per heavy atom. The molecule has 0 spiro atoms. The fourth-order valence-electron chi connectivity index (χ4n) is 2.43. The van der Waals surface area contributed by atoms with Crippen LogP contribution in [0.25, 0.3) is 11.3 Å². The van der Waals surface area contributed by atoms with Crippen LogP contribution in [0, 0.1) is 0 Å². The van der Waals surface area contributed by atoms with Gasteiger partial charge in [-0.15, -0.1) is 10.2 Å². The summed E-state index contributed by atoms with van der Waals surface area (Å²) in [6, 6.07) is 15.1. The van der Waals surface area contributed by atoms with Crippen LogP contribution in [-0.2, 0) is 5.75 Å². The summed E-state index contributed by atoms with van der Waals surface area (Å²) < 4.78 is 4.27. The normalized spacial score (nSPS) is 11.1. The fourth-order valence-corrected chi connectivity index (χ4v) is 3.59. The molecule has 0 radical (unpaired) electrons. The molecule has 0 saturated heterocycles. The third-order valence-electron chi connectivity index (χ3n) is 3.58. The molecule has 0 saturated carbocycles. The van der Waals surface area contributed by atoms with Crippen molar-refractivity contribution in [2.24, 2.45) is 0 Å². The van der Waals surface area contributed by atoms with Gasteiger partial charge in [-0.1, -0.05) is 30.0 Å². The molecular weight excluding hydrogens is 402 g/mol. The molecule has 0 unspecified atom stereocenters. The number of hydrogen-bond acceptors (Lipinski definition) is 5. The predicted molar refractivity (Wildman–Crippen MR) is 100 cm³/mol. The Morgan fingerprint density at radius 1 is 1.12 bits per heavy atom. The van der Waals surface area contributed by atoms with E-state index >= 15 is 0 Å². The molecule has 1 aromatic carbocycles. The molecule has 0 amide bonds. The van der Waals surface area contributed by atoms with Crippen molar-refractivity contribution in [1.82, 2.24) is 24.1 Å². The molecule has 25 heavy (non-hydrogen) atoms. The number of aromatic nitrogens is 5. The Hall–Kier alpha value is -2.45. The molecule has 4 rings (SSSR count). The quantitative estimate of drug-likeness (QED) is 0.480. The lowest BCUT2D eigenvalue weighted by Gasteiger charge is -2.06. The second-order valence-corrected chi connectivity index (χ2v) is 7.13. The third-order valence-corrected chi connectivity index (χ3v) is 5.02. The Bertz CT molecular complexity index is 1090. The highest BCUT2D eigenvalue weighted by Gasteiger charge is 2.09. The van der Waals surface area contributed by atoms with Crippen LogP contribution >= 0.6 is 27.7 Å². The molecule has 0 aliphatic carbocycles. The minimum absolute atomic E-state index is 0.105. The summed E-state index contributed by atoms with van der Waals surface area (Å²) in [6.07, 6.45) is 3.39. The highest BCUT2D eigenvalue weighted by Crippen LogP contribution is 2.22. The smallest absolute Gasteiger partial charge is 0.258 e. The van der Waals surface area contributed by atoms with E-state index in [0.717, 1.165) is 15.3 Å². The van der Waals surface area contributed by atoms with Crippen molar-refractivity contribution in [2.45, 2.75) is 10.9 Å². The van der Waals surface area contributed by atoms with E-state index in [4.69, 9.17) is 0 Å². The molecule has 3 heterocycles. The van der Waals surface area contributed by atoms with E-state index in [-0.39, 0.29) is 5.56 Å². The first-order chi connectivity index (χ1) is 12.2. The molecule has 0 atom stereocenters. The number of pyridine rings is 1. The molecule has 0 aliphatic heterocycles. The highest BCUT2D eigenvalue weighted by atomic mass is 79.9. The lowest BCUT2D eigenvalue weighted by Crippen LogP contribution is -2.15. The van der Waals surface area contributed by atoms with Crippen molar-refractivity contribution >= 4 is 33.3 Å². The predicted octanol–water partition coefficient (Wildman–Crippen LogP) is 3.33. The molecule has 6 nitrogen and oxygen atoms in total. The Morgan fingerprint density at radius 2 is 1.96 bits per heavy atom. The van der Waals surface area contributed by atoms with E-state index in [9.17, 15) is 4.79 Å². The Kier molecular flexibility index (Phi) is 4.37. The van der Waals surface area contributed by atoms with Gasteiger partial charge < -0.3 is 0 Å². The van der Waals surface area contributed by atoms with Crippen molar-refractivity contribution in [1.29, 1.82) is 0 Å². The van der Waals surface area contributed by atoms with E-state index in [1.165, 1.54) is 16.2 Å².